The molecule has 70 valence electrons. The van der Waals surface area contributed by atoms with Crippen LogP contribution in [-0.4, -0.2) is 11.5 Å². The summed E-state index contributed by atoms with van der Waals surface area (Å²) in [7, 11) is 0. The molecule has 0 saturated carbocycles. The molecule has 2 heteroatoms. The highest BCUT2D eigenvalue weighted by Crippen LogP contribution is 2.26. The minimum absolute atomic E-state index is 0.738. The zero-order valence-corrected chi connectivity index (χ0v) is 8.25. The van der Waals surface area contributed by atoms with Gasteiger partial charge in [-0.25, -0.2) is 0 Å². The van der Waals surface area contributed by atoms with Gasteiger partial charge < -0.3 is 5.32 Å². The largest absolute Gasteiger partial charge is 0.383 e. The summed E-state index contributed by atoms with van der Waals surface area (Å²) in [4.78, 5) is 4.39. The maximum absolute atomic E-state index is 4.39. The van der Waals surface area contributed by atoms with E-state index in [-0.39, 0.29) is 0 Å². The van der Waals surface area contributed by atoms with Crippen molar-refractivity contribution in [2.45, 2.75) is 20.3 Å². The first-order valence-corrected chi connectivity index (χ1v) is 4.95. The Morgan fingerprint density at radius 1 is 1.54 bits per heavy atom. The lowest BCUT2D eigenvalue weighted by Gasteiger charge is -2.27. The average molecular weight is 176 g/mol. The molecule has 1 aromatic heterocycles. The van der Waals surface area contributed by atoms with E-state index in [1.165, 1.54) is 11.4 Å². The number of aromatic nitrogens is 1. The third-order valence-electron chi connectivity index (χ3n) is 2.84. The average Bonchev–Trinajstić information content (AvgIpc) is 2.17. The molecule has 1 aliphatic heterocycles. The van der Waals surface area contributed by atoms with Crippen LogP contribution in [0.3, 0.4) is 0 Å². The molecule has 0 fully saturated rings. The second kappa shape index (κ2) is 3.36. The zero-order chi connectivity index (χ0) is 9.26. The van der Waals surface area contributed by atoms with Crippen LogP contribution in [0.4, 0.5) is 5.69 Å². The molecule has 0 bridgehead atoms. The number of hydrogen-bond acceptors (Lipinski definition) is 2. The van der Waals surface area contributed by atoms with E-state index in [4.69, 9.17) is 0 Å². The molecule has 1 aromatic rings. The molecule has 2 heterocycles. The van der Waals surface area contributed by atoms with Crippen LogP contribution in [-0.2, 0) is 6.42 Å². The standard InChI is InChI=1S/C11H16N2/c1-8(2)9-6-11-10(13-7-9)4-3-5-12-11/h3-5,8-9,13H,6-7H2,1-2H3. The van der Waals surface area contributed by atoms with Crippen molar-refractivity contribution >= 4 is 5.69 Å². The Morgan fingerprint density at radius 2 is 2.38 bits per heavy atom. The van der Waals surface area contributed by atoms with Crippen molar-refractivity contribution in [2.24, 2.45) is 11.8 Å². The van der Waals surface area contributed by atoms with E-state index in [9.17, 15) is 0 Å². The number of fused-ring (bicyclic) bond motifs is 1. The van der Waals surface area contributed by atoms with Gasteiger partial charge in [0.05, 0.1) is 11.4 Å². The number of nitrogens with zero attached hydrogens (tertiary/aromatic N) is 1. The van der Waals surface area contributed by atoms with Crippen LogP contribution in [0.25, 0.3) is 0 Å². The first kappa shape index (κ1) is 8.54. The summed E-state index contributed by atoms with van der Waals surface area (Å²) in [6.45, 7) is 5.65. The molecule has 2 rings (SSSR count). The normalized spacial score (nSPS) is 21.0. The summed E-state index contributed by atoms with van der Waals surface area (Å²) in [6.07, 6.45) is 3.00. The highest BCUT2D eigenvalue weighted by molar-refractivity contribution is 5.49. The first-order chi connectivity index (χ1) is 6.27. The van der Waals surface area contributed by atoms with Crippen LogP contribution in [0.2, 0.25) is 0 Å². The fourth-order valence-corrected chi connectivity index (χ4v) is 1.79. The highest BCUT2D eigenvalue weighted by atomic mass is 14.9. The molecule has 0 radical (unpaired) electrons. The Hall–Kier alpha value is -1.05. The van der Waals surface area contributed by atoms with Crippen molar-refractivity contribution in [3.63, 3.8) is 0 Å². The van der Waals surface area contributed by atoms with Crippen molar-refractivity contribution < 1.29 is 0 Å². The van der Waals surface area contributed by atoms with Crippen molar-refractivity contribution in [3.8, 4) is 0 Å². The Balaban J connectivity index is 2.20. The Kier molecular flexibility index (Phi) is 2.21. The molecule has 1 atom stereocenters. The topological polar surface area (TPSA) is 24.9 Å². The first-order valence-electron chi connectivity index (χ1n) is 4.95. The van der Waals surface area contributed by atoms with Crippen molar-refractivity contribution in [1.29, 1.82) is 0 Å². The fourth-order valence-electron chi connectivity index (χ4n) is 1.79. The van der Waals surface area contributed by atoms with E-state index in [1.807, 2.05) is 12.3 Å². The molecule has 0 aromatic carbocycles. The summed E-state index contributed by atoms with van der Waals surface area (Å²) in [5.74, 6) is 1.48. The van der Waals surface area contributed by atoms with Crippen LogP contribution in [0.1, 0.15) is 19.5 Å². The predicted molar refractivity (Wildman–Crippen MR) is 54.8 cm³/mol. The summed E-state index contributed by atoms with van der Waals surface area (Å²) < 4.78 is 0. The molecule has 0 spiro atoms. The molecule has 13 heavy (non-hydrogen) atoms. The molecular weight excluding hydrogens is 160 g/mol. The van der Waals surface area contributed by atoms with Gasteiger partial charge in [-0.15, -0.1) is 0 Å². The molecule has 2 nitrogen and oxygen atoms in total. The minimum Gasteiger partial charge on any atom is -0.383 e. The number of pyridine rings is 1. The van der Waals surface area contributed by atoms with Gasteiger partial charge in [-0.1, -0.05) is 13.8 Å². The van der Waals surface area contributed by atoms with Gasteiger partial charge in [0.2, 0.25) is 0 Å². The molecule has 0 amide bonds. The molecular formula is C11H16N2. The third-order valence-corrected chi connectivity index (χ3v) is 2.84. The predicted octanol–water partition coefficient (Wildman–Crippen LogP) is 2.32. The van der Waals surface area contributed by atoms with Crippen LogP contribution in [0.15, 0.2) is 18.3 Å². The van der Waals surface area contributed by atoms with E-state index in [0.29, 0.717) is 0 Å². The lowest BCUT2D eigenvalue weighted by atomic mass is 9.88. The molecule has 1 aliphatic rings. The van der Waals surface area contributed by atoms with Crippen molar-refractivity contribution in [2.75, 3.05) is 11.9 Å². The number of hydrogen-bond donors (Lipinski definition) is 1. The smallest absolute Gasteiger partial charge is 0.0638 e. The SMILES string of the molecule is CC(C)C1CNc2cccnc2C1. The lowest BCUT2D eigenvalue weighted by Crippen LogP contribution is -2.27. The molecule has 0 saturated heterocycles. The van der Waals surface area contributed by atoms with Crippen LogP contribution in [0, 0.1) is 11.8 Å². The van der Waals surface area contributed by atoms with Gasteiger partial charge in [0.1, 0.15) is 0 Å². The van der Waals surface area contributed by atoms with Gasteiger partial charge in [0.25, 0.3) is 0 Å². The van der Waals surface area contributed by atoms with E-state index in [2.05, 4.69) is 30.2 Å². The summed E-state index contributed by atoms with van der Waals surface area (Å²) in [5.41, 5.74) is 2.45. The quantitative estimate of drug-likeness (QED) is 0.710. The molecule has 0 aliphatic carbocycles. The Bertz CT molecular complexity index is 294. The van der Waals surface area contributed by atoms with Crippen LogP contribution < -0.4 is 5.32 Å². The monoisotopic (exact) mass is 176 g/mol. The number of anilines is 1. The van der Waals surface area contributed by atoms with Crippen LogP contribution in [0.5, 0.6) is 0 Å². The minimum atomic E-state index is 0.738. The van der Waals surface area contributed by atoms with Crippen molar-refractivity contribution in [3.05, 3.63) is 24.0 Å². The van der Waals surface area contributed by atoms with Gasteiger partial charge in [0.15, 0.2) is 0 Å². The van der Waals surface area contributed by atoms with Gasteiger partial charge >= 0.3 is 0 Å². The van der Waals surface area contributed by atoms with E-state index < -0.39 is 0 Å². The second-order valence-corrected chi connectivity index (χ2v) is 4.09. The second-order valence-electron chi connectivity index (χ2n) is 4.09. The van der Waals surface area contributed by atoms with Gasteiger partial charge in [-0.3, -0.25) is 4.98 Å². The van der Waals surface area contributed by atoms with Gasteiger partial charge in [-0.05, 0) is 30.4 Å². The lowest BCUT2D eigenvalue weighted by molar-refractivity contribution is 0.390. The van der Waals surface area contributed by atoms with E-state index >= 15 is 0 Å². The highest BCUT2D eigenvalue weighted by Gasteiger charge is 2.20. The van der Waals surface area contributed by atoms with Crippen molar-refractivity contribution in [1.82, 2.24) is 4.98 Å². The summed E-state index contributed by atoms with van der Waals surface area (Å²) >= 11 is 0. The Labute approximate surface area is 79.4 Å². The number of nitrogens with one attached hydrogen (secondary N) is 1. The van der Waals surface area contributed by atoms with Gasteiger partial charge in [-0.2, -0.15) is 0 Å². The molecule has 1 unspecified atom stereocenters. The maximum atomic E-state index is 4.39. The van der Waals surface area contributed by atoms with E-state index in [1.54, 1.807) is 0 Å². The summed E-state index contributed by atoms with van der Waals surface area (Å²) in [6, 6.07) is 4.10. The molecule has 1 N–H and O–H groups in total. The maximum Gasteiger partial charge on any atom is 0.0638 e. The van der Waals surface area contributed by atoms with E-state index in [0.717, 1.165) is 24.8 Å². The Morgan fingerprint density at radius 3 is 3.15 bits per heavy atom. The third kappa shape index (κ3) is 1.67. The van der Waals surface area contributed by atoms with Gasteiger partial charge in [0, 0.05) is 12.7 Å². The van der Waals surface area contributed by atoms with Crippen LogP contribution >= 0.6 is 0 Å². The number of rotatable bonds is 1. The zero-order valence-electron chi connectivity index (χ0n) is 8.25. The fraction of sp³-hybridized carbons (Fsp3) is 0.545. The summed E-state index contributed by atoms with van der Waals surface area (Å²) in [5, 5.41) is 3.43.